The third-order valence-electron chi connectivity index (χ3n) is 9.19. The Morgan fingerprint density at radius 3 is 1.57 bits per heavy atom. The Morgan fingerprint density at radius 1 is 0.327 bits per heavy atom. The molecule has 0 aliphatic carbocycles. The number of anilines is 3. The molecule has 0 bridgehead atoms. The quantitative estimate of drug-likeness (QED) is 0.172. The van der Waals surface area contributed by atoms with Crippen molar-refractivity contribution in [3.63, 3.8) is 0 Å². The summed E-state index contributed by atoms with van der Waals surface area (Å²) < 4.78 is 0. The van der Waals surface area contributed by atoms with Crippen LogP contribution in [-0.2, 0) is 0 Å². The Labute approximate surface area is 285 Å². The van der Waals surface area contributed by atoms with E-state index in [4.69, 9.17) is 9.97 Å². The van der Waals surface area contributed by atoms with Crippen LogP contribution in [0.4, 0.5) is 17.1 Å². The molecule has 0 aliphatic rings. The van der Waals surface area contributed by atoms with Crippen molar-refractivity contribution in [2.24, 2.45) is 0 Å². The summed E-state index contributed by atoms with van der Waals surface area (Å²) in [7, 11) is 0. The maximum Gasteiger partial charge on any atom is 0.0973 e. The first-order valence-corrected chi connectivity index (χ1v) is 16.6. The fraction of sp³-hybridized carbons (Fsp3) is 0. The van der Waals surface area contributed by atoms with Gasteiger partial charge in [-0.1, -0.05) is 146 Å². The van der Waals surface area contributed by atoms with Crippen LogP contribution < -0.4 is 4.90 Å². The predicted octanol–water partition coefficient (Wildman–Crippen LogP) is 12.4. The minimum Gasteiger partial charge on any atom is -0.310 e. The van der Waals surface area contributed by atoms with Gasteiger partial charge in [-0.25, -0.2) is 9.97 Å². The lowest BCUT2D eigenvalue weighted by Gasteiger charge is -2.27. The second-order valence-electron chi connectivity index (χ2n) is 12.3. The highest BCUT2D eigenvalue weighted by Gasteiger charge is 2.18. The van der Waals surface area contributed by atoms with E-state index >= 15 is 0 Å². The zero-order valence-corrected chi connectivity index (χ0v) is 26.7. The van der Waals surface area contributed by atoms with E-state index in [0.29, 0.717) is 0 Å². The van der Waals surface area contributed by atoms with Crippen molar-refractivity contribution in [1.82, 2.24) is 9.97 Å². The SMILES string of the molecule is c1ccc(-c2cccc(N(c3ccc4ccccc4c3)c3ccc4c(ccc5nc(-c6ccccc6)c(-c6ccccc6)nc54)c3)c2)cc1. The highest BCUT2D eigenvalue weighted by atomic mass is 15.1. The zero-order chi connectivity index (χ0) is 32.6. The van der Waals surface area contributed by atoms with Gasteiger partial charge in [-0.3, -0.25) is 0 Å². The summed E-state index contributed by atoms with van der Waals surface area (Å²) in [5, 5.41) is 4.60. The van der Waals surface area contributed by atoms with Crippen molar-refractivity contribution in [3.05, 3.63) is 188 Å². The van der Waals surface area contributed by atoms with Gasteiger partial charge in [0.1, 0.15) is 0 Å². The molecule has 0 atom stereocenters. The molecule has 3 nitrogen and oxygen atoms in total. The van der Waals surface area contributed by atoms with Gasteiger partial charge in [0.25, 0.3) is 0 Å². The summed E-state index contributed by atoms with van der Waals surface area (Å²) in [6.07, 6.45) is 0. The zero-order valence-electron chi connectivity index (χ0n) is 26.7. The van der Waals surface area contributed by atoms with Crippen molar-refractivity contribution in [3.8, 4) is 33.6 Å². The van der Waals surface area contributed by atoms with Gasteiger partial charge in [0.05, 0.1) is 22.4 Å². The van der Waals surface area contributed by atoms with Gasteiger partial charge in [0, 0.05) is 33.6 Å². The van der Waals surface area contributed by atoms with Gasteiger partial charge < -0.3 is 4.90 Å². The van der Waals surface area contributed by atoms with E-state index in [1.807, 2.05) is 12.1 Å². The number of aromatic nitrogens is 2. The second kappa shape index (κ2) is 12.2. The van der Waals surface area contributed by atoms with Gasteiger partial charge in [0.15, 0.2) is 0 Å². The molecule has 9 rings (SSSR count). The Morgan fingerprint density at radius 2 is 0.857 bits per heavy atom. The number of nitrogens with zero attached hydrogens (tertiary/aromatic N) is 3. The monoisotopic (exact) mass is 625 g/mol. The summed E-state index contributed by atoms with van der Waals surface area (Å²) in [5.41, 5.74) is 11.3. The molecule has 0 saturated heterocycles. The summed E-state index contributed by atoms with van der Waals surface area (Å²) >= 11 is 0. The van der Waals surface area contributed by atoms with Gasteiger partial charge in [0.2, 0.25) is 0 Å². The van der Waals surface area contributed by atoms with Crippen LogP contribution in [0, 0.1) is 0 Å². The maximum atomic E-state index is 5.34. The predicted molar refractivity (Wildman–Crippen MR) is 206 cm³/mol. The van der Waals surface area contributed by atoms with E-state index in [2.05, 4.69) is 181 Å². The molecule has 0 aliphatic heterocycles. The van der Waals surface area contributed by atoms with E-state index in [1.165, 1.54) is 21.9 Å². The third kappa shape index (κ3) is 5.38. The summed E-state index contributed by atoms with van der Waals surface area (Å²) in [6.45, 7) is 0. The van der Waals surface area contributed by atoms with Crippen molar-refractivity contribution in [2.45, 2.75) is 0 Å². The van der Waals surface area contributed by atoms with Crippen LogP contribution in [0.1, 0.15) is 0 Å². The molecule has 0 unspecified atom stereocenters. The van der Waals surface area contributed by atoms with Crippen LogP contribution in [0.3, 0.4) is 0 Å². The molecule has 1 heterocycles. The summed E-state index contributed by atoms with van der Waals surface area (Å²) in [6, 6.07) is 66.2. The molecule has 0 N–H and O–H groups in total. The van der Waals surface area contributed by atoms with Gasteiger partial charge >= 0.3 is 0 Å². The standard InChI is InChI=1S/C46H31N3/c1-4-13-32(14-5-1)37-21-12-22-39(29-37)49(40-25-23-33-15-10-11-20-36(33)30-40)41-26-27-42-38(31-41)24-28-43-46(42)48-45(35-18-8-3-9-19-35)44(47-43)34-16-6-2-7-17-34/h1-31H. The minimum atomic E-state index is 0.876. The van der Waals surface area contributed by atoms with Crippen molar-refractivity contribution in [1.29, 1.82) is 0 Å². The van der Waals surface area contributed by atoms with Gasteiger partial charge in [-0.15, -0.1) is 0 Å². The average Bonchev–Trinajstić information content (AvgIpc) is 3.18. The number of benzene rings is 8. The van der Waals surface area contributed by atoms with Crippen LogP contribution in [-0.4, -0.2) is 9.97 Å². The number of rotatable bonds is 6. The molecular weight excluding hydrogens is 595 g/mol. The Bertz CT molecular complexity index is 2600. The maximum absolute atomic E-state index is 5.34. The summed E-state index contributed by atoms with van der Waals surface area (Å²) in [5.74, 6) is 0. The molecule has 8 aromatic carbocycles. The average molecular weight is 626 g/mol. The summed E-state index contributed by atoms with van der Waals surface area (Å²) in [4.78, 5) is 12.9. The topological polar surface area (TPSA) is 29.0 Å². The molecule has 0 fully saturated rings. The smallest absolute Gasteiger partial charge is 0.0973 e. The first-order chi connectivity index (χ1) is 24.3. The largest absolute Gasteiger partial charge is 0.310 e. The molecule has 0 radical (unpaired) electrons. The first kappa shape index (κ1) is 28.6. The van der Waals surface area contributed by atoms with E-state index in [-0.39, 0.29) is 0 Å². The minimum absolute atomic E-state index is 0.876. The van der Waals surface area contributed by atoms with Crippen LogP contribution >= 0.6 is 0 Å². The lowest BCUT2D eigenvalue weighted by Crippen LogP contribution is -2.10. The third-order valence-corrected chi connectivity index (χ3v) is 9.19. The molecule has 0 saturated carbocycles. The molecular formula is C46H31N3. The van der Waals surface area contributed by atoms with Crippen LogP contribution in [0.2, 0.25) is 0 Å². The van der Waals surface area contributed by atoms with Gasteiger partial charge in [-0.05, 0) is 69.8 Å². The molecule has 230 valence electrons. The Balaban J connectivity index is 1.23. The van der Waals surface area contributed by atoms with E-state index in [0.717, 1.165) is 61.4 Å². The highest BCUT2D eigenvalue weighted by molar-refractivity contribution is 6.07. The fourth-order valence-corrected chi connectivity index (χ4v) is 6.79. The van der Waals surface area contributed by atoms with Crippen molar-refractivity contribution >= 4 is 49.6 Å². The van der Waals surface area contributed by atoms with Crippen molar-refractivity contribution < 1.29 is 0 Å². The number of hydrogen-bond donors (Lipinski definition) is 0. The van der Waals surface area contributed by atoms with Crippen LogP contribution in [0.25, 0.3) is 66.2 Å². The first-order valence-electron chi connectivity index (χ1n) is 16.6. The lowest BCUT2D eigenvalue weighted by molar-refractivity contribution is 1.29. The molecule has 49 heavy (non-hydrogen) atoms. The Hall–Kier alpha value is -6.58. The van der Waals surface area contributed by atoms with Gasteiger partial charge in [-0.2, -0.15) is 0 Å². The molecule has 9 aromatic rings. The fourth-order valence-electron chi connectivity index (χ4n) is 6.79. The van der Waals surface area contributed by atoms with Crippen LogP contribution in [0.5, 0.6) is 0 Å². The highest BCUT2D eigenvalue weighted by Crippen LogP contribution is 2.40. The Kier molecular flexibility index (Phi) is 7.14. The molecule has 3 heteroatoms. The van der Waals surface area contributed by atoms with E-state index in [1.54, 1.807) is 0 Å². The number of fused-ring (bicyclic) bond motifs is 4. The molecule has 0 spiro atoms. The molecule has 1 aromatic heterocycles. The van der Waals surface area contributed by atoms with Crippen molar-refractivity contribution in [2.75, 3.05) is 4.90 Å². The molecule has 0 amide bonds. The van der Waals surface area contributed by atoms with Crippen LogP contribution in [0.15, 0.2) is 188 Å². The van der Waals surface area contributed by atoms with E-state index < -0.39 is 0 Å². The number of hydrogen-bond acceptors (Lipinski definition) is 3. The lowest BCUT2D eigenvalue weighted by atomic mass is 10.0. The second-order valence-corrected chi connectivity index (χ2v) is 12.3. The van der Waals surface area contributed by atoms with E-state index in [9.17, 15) is 0 Å². The normalized spacial score (nSPS) is 11.3.